The third-order valence-corrected chi connectivity index (χ3v) is 4.03. The summed E-state index contributed by atoms with van der Waals surface area (Å²) in [5, 5.41) is 2.67. The van der Waals surface area contributed by atoms with Gasteiger partial charge >= 0.3 is 0 Å². The van der Waals surface area contributed by atoms with Crippen LogP contribution >= 0.6 is 15.9 Å². The van der Waals surface area contributed by atoms with Crippen molar-refractivity contribution in [2.45, 2.75) is 6.92 Å². The average molecular weight is 357 g/mol. The van der Waals surface area contributed by atoms with E-state index in [1.54, 1.807) is 10.7 Å². The van der Waals surface area contributed by atoms with E-state index >= 15 is 0 Å². The Morgan fingerprint density at radius 3 is 2.50 bits per heavy atom. The van der Waals surface area contributed by atoms with Crippen LogP contribution in [0, 0.1) is 6.92 Å². The number of carbonyl (C=O) groups excluding carboxylic acids is 1. The fraction of sp³-hybridized carbons (Fsp3) is 0.0588. The molecular formula is C17H13BrN2O2. The molecule has 0 aliphatic carbocycles. The van der Waals surface area contributed by atoms with Crippen LogP contribution in [0.15, 0.2) is 64.0 Å². The molecular weight excluding hydrogens is 344 g/mol. The van der Waals surface area contributed by atoms with E-state index in [0.29, 0.717) is 10.0 Å². The van der Waals surface area contributed by atoms with Gasteiger partial charge in [-0.05, 0) is 36.8 Å². The van der Waals surface area contributed by atoms with E-state index < -0.39 is 5.56 Å². The molecule has 1 heterocycles. The fourth-order valence-corrected chi connectivity index (χ4v) is 2.90. The molecule has 110 valence electrons. The first-order valence-corrected chi connectivity index (χ1v) is 7.53. The maximum Gasteiger partial charge on any atom is 0.275 e. The number of nitrogens with one attached hydrogen (secondary N) is 1. The molecule has 0 saturated heterocycles. The molecule has 0 radical (unpaired) electrons. The molecule has 0 aliphatic heterocycles. The lowest BCUT2D eigenvalue weighted by atomic mass is 10.0. The topological polar surface area (TPSA) is 54.9 Å². The first kappa shape index (κ1) is 14.5. The molecule has 0 bridgehead atoms. The van der Waals surface area contributed by atoms with E-state index in [0.717, 1.165) is 11.3 Å². The van der Waals surface area contributed by atoms with Crippen molar-refractivity contribution in [3.63, 3.8) is 0 Å². The summed E-state index contributed by atoms with van der Waals surface area (Å²) in [6.07, 6.45) is 1.53. The zero-order valence-corrected chi connectivity index (χ0v) is 13.4. The second-order valence-electron chi connectivity index (χ2n) is 5.00. The summed E-state index contributed by atoms with van der Waals surface area (Å²) in [5.41, 5.74) is 2.03. The standard InChI is InChI=1S/C17H13BrN2O2/c1-11-7-8-13(15(18)9-11)16(21)14-10-20(19-17(14)22)12-5-3-2-4-6-12/h2-10H,1H3,(H,19,22). The number of halogens is 1. The molecule has 0 spiro atoms. The second-order valence-corrected chi connectivity index (χ2v) is 5.86. The summed E-state index contributed by atoms with van der Waals surface area (Å²) in [6.45, 7) is 1.94. The monoisotopic (exact) mass is 356 g/mol. The van der Waals surface area contributed by atoms with E-state index in [2.05, 4.69) is 21.0 Å². The molecule has 2 aromatic carbocycles. The van der Waals surface area contributed by atoms with Crippen molar-refractivity contribution >= 4 is 21.7 Å². The zero-order valence-electron chi connectivity index (χ0n) is 11.8. The third kappa shape index (κ3) is 2.67. The quantitative estimate of drug-likeness (QED) is 0.730. The molecule has 1 aromatic heterocycles. The first-order chi connectivity index (χ1) is 10.6. The van der Waals surface area contributed by atoms with Crippen molar-refractivity contribution in [2.24, 2.45) is 0 Å². The molecule has 0 fully saturated rings. The van der Waals surface area contributed by atoms with Gasteiger partial charge in [-0.25, -0.2) is 0 Å². The summed E-state index contributed by atoms with van der Waals surface area (Å²) in [7, 11) is 0. The van der Waals surface area contributed by atoms with Crippen LogP contribution in [0.1, 0.15) is 21.5 Å². The van der Waals surface area contributed by atoms with Crippen LogP contribution in [0.5, 0.6) is 0 Å². The van der Waals surface area contributed by atoms with Gasteiger partial charge in [0.15, 0.2) is 0 Å². The number of H-pyrrole nitrogens is 1. The van der Waals surface area contributed by atoms with Crippen LogP contribution in [-0.2, 0) is 0 Å². The molecule has 3 rings (SSSR count). The normalized spacial score (nSPS) is 10.6. The summed E-state index contributed by atoms with van der Waals surface area (Å²) in [6, 6.07) is 14.8. The smallest absolute Gasteiger partial charge is 0.275 e. The molecule has 0 aliphatic rings. The molecule has 22 heavy (non-hydrogen) atoms. The fourth-order valence-electron chi connectivity index (χ4n) is 2.23. The lowest BCUT2D eigenvalue weighted by Crippen LogP contribution is -2.13. The van der Waals surface area contributed by atoms with Gasteiger partial charge in [-0.2, -0.15) is 0 Å². The van der Waals surface area contributed by atoms with Gasteiger partial charge in [-0.15, -0.1) is 0 Å². The van der Waals surface area contributed by atoms with Gasteiger partial charge in [0.25, 0.3) is 5.56 Å². The van der Waals surface area contributed by atoms with E-state index in [-0.39, 0.29) is 11.3 Å². The van der Waals surface area contributed by atoms with Crippen molar-refractivity contribution in [3.05, 3.63) is 86.2 Å². The second kappa shape index (κ2) is 5.77. The third-order valence-electron chi connectivity index (χ3n) is 3.37. The highest BCUT2D eigenvalue weighted by Gasteiger charge is 2.18. The van der Waals surface area contributed by atoms with Crippen molar-refractivity contribution in [3.8, 4) is 5.69 Å². The van der Waals surface area contributed by atoms with Crippen LogP contribution in [-0.4, -0.2) is 15.6 Å². The Labute approximate surface area is 135 Å². The molecule has 4 nitrogen and oxygen atoms in total. The number of aromatic nitrogens is 2. The maximum absolute atomic E-state index is 12.6. The SMILES string of the molecule is Cc1ccc(C(=O)c2cn(-c3ccccc3)[nH]c2=O)c(Br)c1. The van der Waals surface area contributed by atoms with Crippen LogP contribution in [0.3, 0.4) is 0 Å². The molecule has 5 heteroatoms. The number of hydrogen-bond acceptors (Lipinski definition) is 2. The highest BCUT2D eigenvalue weighted by Crippen LogP contribution is 2.21. The van der Waals surface area contributed by atoms with E-state index in [1.165, 1.54) is 6.20 Å². The summed E-state index contributed by atoms with van der Waals surface area (Å²) >= 11 is 3.38. The predicted octanol–water partition coefficient (Wildman–Crippen LogP) is 3.47. The number of hydrogen-bond donors (Lipinski definition) is 1. The number of benzene rings is 2. The van der Waals surface area contributed by atoms with Gasteiger partial charge < -0.3 is 0 Å². The lowest BCUT2D eigenvalue weighted by molar-refractivity contribution is 0.103. The van der Waals surface area contributed by atoms with E-state index in [4.69, 9.17) is 0 Å². The van der Waals surface area contributed by atoms with E-state index in [9.17, 15) is 9.59 Å². The van der Waals surface area contributed by atoms with Gasteiger partial charge in [0.1, 0.15) is 5.56 Å². The van der Waals surface area contributed by atoms with Crippen molar-refractivity contribution < 1.29 is 4.79 Å². The van der Waals surface area contributed by atoms with Gasteiger partial charge in [0, 0.05) is 16.2 Å². The number of aryl methyl sites for hydroxylation is 1. The molecule has 1 N–H and O–H groups in total. The molecule has 0 unspecified atom stereocenters. The van der Waals surface area contributed by atoms with Gasteiger partial charge in [0.05, 0.1) is 5.69 Å². The molecule has 3 aromatic rings. The lowest BCUT2D eigenvalue weighted by Gasteiger charge is -2.03. The Morgan fingerprint density at radius 2 is 1.82 bits per heavy atom. The van der Waals surface area contributed by atoms with E-state index in [1.807, 2.05) is 49.4 Å². The number of aromatic amines is 1. The van der Waals surface area contributed by atoms with Gasteiger partial charge in [0.2, 0.25) is 5.78 Å². The summed E-state index contributed by atoms with van der Waals surface area (Å²) in [4.78, 5) is 24.7. The highest BCUT2D eigenvalue weighted by molar-refractivity contribution is 9.10. The van der Waals surface area contributed by atoms with Crippen LogP contribution in [0.4, 0.5) is 0 Å². The molecule has 0 atom stereocenters. The summed E-state index contributed by atoms with van der Waals surface area (Å²) < 4.78 is 2.24. The zero-order chi connectivity index (χ0) is 15.7. The first-order valence-electron chi connectivity index (χ1n) is 6.74. The van der Waals surface area contributed by atoms with Gasteiger partial charge in [-0.3, -0.25) is 19.4 Å². The number of ketones is 1. The Morgan fingerprint density at radius 1 is 1.09 bits per heavy atom. The van der Waals surface area contributed by atoms with Crippen LogP contribution < -0.4 is 5.56 Å². The number of nitrogens with zero attached hydrogens (tertiary/aromatic N) is 1. The summed E-state index contributed by atoms with van der Waals surface area (Å²) in [5.74, 6) is -0.303. The Hall–Kier alpha value is -2.40. The minimum atomic E-state index is -0.402. The molecule has 0 amide bonds. The predicted molar refractivity (Wildman–Crippen MR) is 88.7 cm³/mol. The van der Waals surface area contributed by atoms with Crippen LogP contribution in [0.25, 0.3) is 5.69 Å². The Balaban J connectivity index is 2.04. The highest BCUT2D eigenvalue weighted by atomic mass is 79.9. The van der Waals surface area contributed by atoms with Crippen molar-refractivity contribution in [1.29, 1.82) is 0 Å². The largest absolute Gasteiger partial charge is 0.288 e. The van der Waals surface area contributed by atoms with Crippen molar-refractivity contribution in [2.75, 3.05) is 0 Å². The Bertz CT molecular complexity index is 895. The minimum Gasteiger partial charge on any atom is -0.288 e. The minimum absolute atomic E-state index is 0.119. The number of para-hydroxylation sites is 1. The average Bonchev–Trinajstić information content (AvgIpc) is 2.89. The van der Waals surface area contributed by atoms with Crippen LogP contribution in [0.2, 0.25) is 0 Å². The number of rotatable bonds is 3. The molecule has 0 saturated carbocycles. The van der Waals surface area contributed by atoms with Crippen molar-refractivity contribution in [1.82, 2.24) is 9.78 Å². The maximum atomic E-state index is 12.6. The number of carbonyl (C=O) groups is 1. The van der Waals surface area contributed by atoms with Gasteiger partial charge in [-0.1, -0.05) is 40.2 Å². The Kier molecular flexibility index (Phi) is 3.81.